The highest BCUT2D eigenvalue weighted by Crippen LogP contribution is 2.26. The van der Waals surface area contributed by atoms with Crippen molar-refractivity contribution in [1.29, 1.82) is 0 Å². The molecule has 24 heavy (non-hydrogen) atoms. The summed E-state index contributed by atoms with van der Waals surface area (Å²) < 4.78 is 2.32. The maximum absolute atomic E-state index is 11.4. The van der Waals surface area contributed by atoms with Crippen LogP contribution in [0, 0.1) is 6.92 Å². The monoisotopic (exact) mass is 337 g/mol. The van der Waals surface area contributed by atoms with E-state index in [0.717, 1.165) is 27.6 Å². The van der Waals surface area contributed by atoms with Crippen molar-refractivity contribution in [2.75, 3.05) is 5.73 Å². The number of benzene rings is 2. The fraction of sp³-hybridized carbons (Fsp3) is 0.158. The van der Waals surface area contributed by atoms with Gasteiger partial charge in [-0.1, -0.05) is 48.7 Å². The number of aromatic nitrogens is 1. The van der Waals surface area contributed by atoms with E-state index >= 15 is 0 Å². The highest BCUT2D eigenvalue weighted by molar-refractivity contribution is 7.78. The molecule has 3 N–H and O–H groups in total. The largest absolute Gasteiger partial charge is 0.383 e. The zero-order valence-electron chi connectivity index (χ0n) is 13.4. The SMILES string of the molecule is Cc1ccc(-c2ccc3nc(N)c(CCC(=O)NS)cc3c2)cc1. The number of nitrogen functional groups attached to an aromatic ring is 1. The van der Waals surface area contributed by atoms with Crippen molar-refractivity contribution >= 4 is 35.4 Å². The number of nitrogens with zero attached hydrogens (tertiary/aromatic N) is 1. The Kier molecular flexibility index (Phi) is 4.71. The van der Waals surface area contributed by atoms with Gasteiger partial charge >= 0.3 is 0 Å². The molecule has 3 rings (SSSR count). The highest BCUT2D eigenvalue weighted by atomic mass is 32.1. The molecule has 0 fully saturated rings. The minimum atomic E-state index is -0.133. The molecule has 0 spiro atoms. The van der Waals surface area contributed by atoms with Crippen LogP contribution in [0.1, 0.15) is 17.5 Å². The molecule has 0 bridgehead atoms. The van der Waals surface area contributed by atoms with Crippen LogP contribution in [0.2, 0.25) is 0 Å². The minimum Gasteiger partial charge on any atom is -0.383 e. The molecule has 0 aliphatic rings. The number of pyridine rings is 1. The summed E-state index contributed by atoms with van der Waals surface area (Å²) in [4.78, 5) is 15.8. The van der Waals surface area contributed by atoms with Crippen molar-refractivity contribution in [2.24, 2.45) is 0 Å². The van der Waals surface area contributed by atoms with E-state index in [2.05, 4.69) is 59.8 Å². The summed E-state index contributed by atoms with van der Waals surface area (Å²) in [5.41, 5.74) is 11.3. The van der Waals surface area contributed by atoms with Crippen LogP contribution in [-0.2, 0) is 11.2 Å². The molecule has 1 amide bonds. The highest BCUT2D eigenvalue weighted by Gasteiger charge is 2.08. The molecule has 0 aliphatic carbocycles. The fourth-order valence-electron chi connectivity index (χ4n) is 2.67. The molecule has 0 atom stereocenters. The fourth-order valence-corrected chi connectivity index (χ4v) is 2.78. The number of aryl methyl sites for hydroxylation is 2. The van der Waals surface area contributed by atoms with Crippen molar-refractivity contribution in [3.8, 4) is 11.1 Å². The molecule has 0 saturated carbocycles. The van der Waals surface area contributed by atoms with Crippen LogP contribution >= 0.6 is 12.8 Å². The Morgan fingerprint density at radius 1 is 1.12 bits per heavy atom. The van der Waals surface area contributed by atoms with Gasteiger partial charge in [-0.3, -0.25) is 4.79 Å². The first-order valence-corrected chi connectivity index (χ1v) is 8.20. The zero-order valence-corrected chi connectivity index (χ0v) is 14.3. The van der Waals surface area contributed by atoms with E-state index in [1.807, 2.05) is 18.2 Å². The van der Waals surface area contributed by atoms with Crippen LogP contribution in [0.4, 0.5) is 5.82 Å². The Hall–Kier alpha value is -2.53. The molecule has 1 heterocycles. The summed E-state index contributed by atoms with van der Waals surface area (Å²) in [6.45, 7) is 2.07. The number of anilines is 1. The van der Waals surface area contributed by atoms with Gasteiger partial charge in [-0.25, -0.2) is 4.98 Å². The smallest absolute Gasteiger partial charge is 0.229 e. The summed E-state index contributed by atoms with van der Waals surface area (Å²) in [5, 5.41) is 1.02. The molecule has 0 saturated heterocycles. The number of hydrogen-bond donors (Lipinski definition) is 3. The number of carbonyl (C=O) groups is 1. The number of hydrogen-bond acceptors (Lipinski definition) is 4. The van der Waals surface area contributed by atoms with Gasteiger partial charge in [0.05, 0.1) is 5.52 Å². The number of amides is 1. The second kappa shape index (κ2) is 6.93. The lowest BCUT2D eigenvalue weighted by Gasteiger charge is -2.09. The lowest BCUT2D eigenvalue weighted by molar-refractivity contribution is -0.119. The third-order valence-corrected chi connectivity index (χ3v) is 4.31. The van der Waals surface area contributed by atoms with E-state index in [0.29, 0.717) is 18.7 Å². The second-order valence-electron chi connectivity index (χ2n) is 5.84. The van der Waals surface area contributed by atoms with E-state index in [1.165, 1.54) is 5.56 Å². The van der Waals surface area contributed by atoms with Crippen LogP contribution in [-0.4, -0.2) is 10.9 Å². The molecule has 1 aromatic heterocycles. The Labute approximate surface area is 146 Å². The van der Waals surface area contributed by atoms with Crippen LogP contribution in [0.15, 0.2) is 48.5 Å². The molecular weight excluding hydrogens is 318 g/mol. The van der Waals surface area contributed by atoms with Gasteiger partial charge in [0.2, 0.25) is 5.91 Å². The minimum absolute atomic E-state index is 0.133. The topological polar surface area (TPSA) is 68.0 Å². The molecule has 0 aliphatic heterocycles. The van der Waals surface area contributed by atoms with Gasteiger partial charge in [0.1, 0.15) is 5.82 Å². The first-order valence-electron chi connectivity index (χ1n) is 7.76. The summed E-state index contributed by atoms with van der Waals surface area (Å²) in [6, 6.07) is 16.6. The first kappa shape index (κ1) is 16.3. The van der Waals surface area contributed by atoms with Crippen molar-refractivity contribution < 1.29 is 4.79 Å². The standard InChI is InChI=1S/C19H19N3OS/c1-12-2-4-13(5-3-12)14-6-8-17-16(10-14)11-15(19(20)21-17)7-9-18(23)22-24/h2-6,8,10-11,24H,7,9H2,1H3,(H2,20,21)(H,22,23). The molecule has 122 valence electrons. The van der Waals surface area contributed by atoms with Gasteiger partial charge in [0.15, 0.2) is 0 Å². The molecule has 5 heteroatoms. The number of thiol groups is 1. The number of fused-ring (bicyclic) bond motifs is 1. The van der Waals surface area contributed by atoms with E-state index < -0.39 is 0 Å². The summed E-state index contributed by atoms with van der Waals surface area (Å²) >= 11 is 3.76. The Morgan fingerprint density at radius 3 is 2.54 bits per heavy atom. The van der Waals surface area contributed by atoms with Crippen molar-refractivity contribution in [1.82, 2.24) is 9.71 Å². The predicted octanol–water partition coefficient (Wildman–Crippen LogP) is 3.69. The van der Waals surface area contributed by atoms with Crippen molar-refractivity contribution in [3.05, 3.63) is 59.7 Å². The number of nitrogens with one attached hydrogen (secondary N) is 1. The quantitative estimate of drug-likeness (QED) is 0.636. The Balaban J connectivity index is 1.97. The van der Waals surface area contributed by atoms with Crippen molar-refractivity contribution in [3.63, 3.8) is 0 Å². The van der Waals surface area contributed by atoms with Gasteiger partial charge in [-0.05, 0) is 48.2 Å². The molecule has 2 aromatic carbocycles. The van der Waals surface area contributed by atoms with E-state index in [1.54, 1.807) is 0 Å². The molecule has 0 unspecified atom stereocenters. The average Bonchev–Trinajstić information content (AvgIpc) is 2.60. The van der Waals surface area contributed by atoms with Gasteiger partial charge < -0.3 is 10.5 Å². The Morgan fingerprint density at radius 2 is 1.83 bits per heavy atom. The third kappa shape index (κ3) is 3.51. The van der Waals surface area contributed by atoms with Crippen molar-refractivity contribution in [2.45, 2.75) is 19.8 Å². The molecule has 3 aromatic rings. The van der Waals surface area contributed by atoms with E-state index in [9.17, 15) is 4.79 Å². The maximum Gasteiger partial charge on any atom is 0.229 e. The van der Waals surface area contributed by atoms with E-state index in [-0.39, 0.29) is 5.91 Å². The summed E-state index contributed by atoms with van der Waals surface area (Å²) in [7, 11) is 0. The maximum atomic E-state index is 11.4. The zero-order chi connectivity index (χ0) is 17.1. The summed E-state index contributed by atoms with van der Waals surface area (Å²) in [6.07, 6.45) is 0.870. The second-order valence-corrected chi connectivity index (χ2v) is 6.06. The molecule has 4 nitrogen and oxygen atoms in total. The normalized spacial score (nSPS) is 10.8. The van der Waals surface area contributed by atoms with Crippen LogP contribution in [0.5, 0.6) is 0 Å². The van der Waals surface area contributed by atoms with Gasteiger partial charge in [-0.2, -0.15) is 0 Å². The number of nitrogens with two attached hydrogens (primary N) is 1. The third-order valence-electron chi connectivity index (χ3n) is 4.06. The number of carbonyl (C=O) groups excluding carboxylic acids is 1. The van der Waals surface area contributed by atoms with Crippen LogP contribution < -0.4 is 10.5 Å². The first-order chi connectivity index (χ1) is 11.6. The molecule has 0 radical (unpaired) electrons. The van der Waals surface area contributed by atoms with Gasteiger partial charge in [-0.15, -0.1) is 0 Å². The van der Waals surface area contributed by atoms with Crippen LogP contribution in [0.25, 0.3) is 22.0 Å². The van der Waals surface area contributed by atoms with Crippen LogP contribution in [0.3, 0.4) is 0 Å². The Bertz CT molecular complexity index is 891. The van der Waals surface area contributed by atoms with Gasteiger partial charge in [0, 0.05) is 11.8 Å². The molecular formula is C19H19N3OS. The lowest BCUT2D eigenvalue weighted by Crippen LogP contribution is -2.13. The van der Waals surface area contributed by atoms with Gasteiger partial charge in [0.25, 0.3) is 0 Å². The average molecular weight is 337 g/mol. The number of rotatable bonds is 4. The summed E-state index contributed by atoms with van der Waals surface area (Å²) in [5.74, 6) is 0.337. The lowest BCUT2D eigenvalue weighted by atomic mass is 10.0. The van der Waals surface area contributed by atoms with E-state index in [4.69, 9.17) is 5.73 Å². The predicted molar refractivity (Wildman–Crippen MR) is 102 cm³/mol.